The molecule has 1 aliphatic rings. The van der Waals surface area contributed by atoms with E-state index in [1.165, 1.54) is 37.8 Å². The van der Waals surface area contributed by atoms with E-state index in [2.05, 4.69) is 42.6 Å². The SMILES string of the molecule is C[C@H]1CCCN1CCCOc1ccc2c(Nc3cc(CC(=O)Nc4cccc(F)c4)[nH]n3)ncnc2c1. The van der Waals surface area contributed by atoms with Gasteiger partial charge in [0.05, 0.1) is 18.5 Å². The zero-order valence-electron chi connectivity index (χ0n) is 20.7. The Labute approximate surface area is 214 Å². The molecule has 10 heteroatoms. The fourth-order valence-corrected chi connectivity index (χ4v) is 4.59. The summed E-state index contributed by atoms with van der Waals surface area (Å²) in [5.74, 6) is 1.20. The second-order valence-corrected chi connectivity index (χ2v) is 9.27. The van der Waals surface area contributed by atoms with Crippen LogP contribution in [0.5, 0.6) is 5.75 Å². The molecule has 37 heavy (non-hydrogen) atoms. The third-order valence-electron chi connectivity index (χ3n) is 6.49. The van der Waals surface area contributed by atoms with Gasteiger partial charge in [0.25, 0.3) is 0 Å². The van der Waals surface area contributed by atoms with Gasteiger partial charge in [-0.25, -0.2) is 14.4 Å². The summed E-state index contributed by atoms with van der Waals surface area (Å²) >= 11 is 0. The Morgan fingerprint density at radius 3 is 2.97 bits per heavy atom. The van der Waals surface area contributed by atoms with Crippen molar-refractivity contribution < 1.29 is 13.9 Å². The number of likely N-dealkylation sites (tertiary alicyclic amines) is 1. The van der Waals surface area contributed by atoms with Crippen LogP contribution in [0.25, 0.3) is 10.9 Å². The molecule has 1 atom stereocenters. The maximum Gasteiger partial charge on any atom is 0.230 e. The number of aromatic nitrogens is 4. The van der Waals surface area contributed by atoms with Crippen molar-refractivity contribution in [1.29, 1.82) is 0 Å². The number of hydrogen-bond donors (Lipinski definition) is 3. The molecule has 0 radical (unpaired) electrons. The van der Waals surface area contributed by atoms with E-state index in [0.29, 0.717) is 35.7 Å². The van der Waals surface area contributed by atoms with Crippen molar-refractivity contribution in [2.24, 2.45) is 0 Å². The zero-order chi connectivity index (χ0) is 25.6. The molecule has 3 heterocycles. The number of nitrogens with zero attached hydrogens (tertiary/aromatic N) is 4. The number of rotatable bonds is 10. The number of aromatic amines is 1. The lowest BCUT2D eigenvalue weighted by Crippen LogP contribution is -2.28. The number of ether oxygens (including phenoxy) is 1. The Bertz CT molecular complexity index is 1380. The maximum absolute atomic E-state index is 13.3. The number of carbonyl (C=O) groups excluding carboxylic acids is 1. The van der Waals surface area contributed by atoms with Gasteiger partial charge in [-0.05, 0) is 63.1 Å². The van der Waals surface area contributed by atoms with Gasteiger partial charge in [-0.15, -0.1) is 0 Å². The highest BCUT2D eigenvalue weighted by molar-refractivity contribution is 5.93. The molecule has 0 spiro atoms. The molecule has 1 aliphatic heterocycles. The van der Waals surface area contributed by atoms with E-state index in [4.69, 9.17) is 4.74 Å². The number of carbonyl (C=O) groups is 1. The fraction of sp³-hybridized carbons (Fsp3) is 0.333. The molecular formula is C27H30FN7O2. The molecule has 192 valence electrons. The number of anilines is 3. The Morgan fingerprint density at radius 1 is 1.22 bits per heavy atom. The second-order valence-electron chi connectivity index (χ2n) is 9.27. The third kappa shape index (κ3) is 6.39. The largest absolute Gasteiger partial charge is 0.493 e. The first-order valence-electron chi connectivity index (χ1n) is 12.5. The maximum atomic E-state index is 13.3. The van der Waals surface area contributed by atoms with Crippen molar-refractivity contribution in [3.63, 3.8) is 0 Å². The highest BCUT2D eigenvalue weighted by Crippen LogP contribution is 2.26. The molecule has 3 N–H and O–H groups in total. The Kier molecular flexibility index (Phi) is 7.55. The van der Waals surface area contributed by atoms with Crippen molar-refractivity contribution in [3.8, 4) is 5.75 Å². The van der Waals surface area contributed by atoms with Gasteiger partial charge in [-0.1, -0.05) is 6.07 Å². The summed E-state index contributed by atoms with van der Waals surface area (Å²) in [6.07, 6.45) is 5.11. The third-order valence-corrected chi connectivity index (χ3v) is 6.49. The number of H-pyrrole nitrogens is 1. The van der Waals surface area contributed by atoms with Crippen molar-refractivity contribution >= 4 is 34.1 Å². The fourth-order valence-electron chi connectivity index (χ4n) is 4.59. The van der Waals surface area contributed by atoms with Gasteiger partial charge in [-0.3, -0.25) is 9.89 Å². The first-order chi connectivity index (χ1) is 18.0. The lowest BCUT2D eigenvalue weighted by Gasteiger charge is -2.20. The quantitative estimate of drug-likeness (QED) is 0.270. The molecule has 4 aromatic rings. The monoisotopic (exact) mass is 503 g/mol. The highest BCUT2D eigenvalue weighted by atomic mass is 19.1. The van der Waals surface area contributed by atoms with Crippen LogP contribution < -0.4 is 15.4 Å². The van der Waals surface area contributed by atoms with Crippen LogP contribution in [-0.4, -0.2) is 56.7 Å². The van der Waals surface area contributed by atoms with Crippen molar-refractivity contribution in [2.75, 3.05) is 30.3 Å². The van der Waals surface area contributed by atoms with Crippen LogP contribution in [0.4, 0.5) is 21.7 Å². The first kappa shape index (κ1) is 24.6. The van der Waals surface area contributed by atoms with E-state index in [0.717, 1.165) is 29.6 Å². The number of halogens is 1. The summed E-state index contributed by atoms with van der Waals surface area (Å²) in [7, 11) is 0. The number of hydrogen-bond acceptors (Lipinski definition) is 7. The number of amides is 1. The molecule has 0 unspecified atom stereocenters. The average Bonchev–Trinajstić information content (AvgIpc) is 3.50. The van der Waals surface area contributed by atoms with Crippen LogP contribution in [-0.2, 0) is 11.2 Å². The van der Waals surface area contributed by atoms with Gasteiger partial charge in [0.1, 0.15) is 23.7 Å². The van der Waals surface area contributed by atoms with Crippen LogP contribution in [0.1, 0.15) is 31.9 Å². The topological polar surface area (TPSA) is 108 Å². The van der Waals surface area contributed by atoms with Crippen LogP contribution in [0.2, 0.25) is 0 Å². The van der Waals surface area contributed by atoms with E-state index in [1.54, 1.807) is 18.2 Å². The molecule has 9 nitrogen and oxygen atoms in total. The van der Waals surface area contributed by atoms with Crippen LogP contribution in [0.3, 0.4) is 0 Å². The highest BCUT2D eigenvalue weighted by Gasteiger charge is 2.19. The number of benzene rings is 2. The minimum atomic E-state index is -0.409. The van der Waals surface area contributed by atoms with Crippen LogP contribution in [0, 0.1) is 5.82 Å². The van der Waals surface area contributed by atoms with Crippen LogP contribution >= 0.6 is 0 Å². The Hall–Kier alpha value is -4.05. The molecule has 2 aromatic heterocycles. The predicted molar refractivity (Wildman–Crippen MR) is 141 cm³/mol. The summed E-state index contributed by atoms with van der Waals surface area (Å²) < 4.78 is 19.3. The zero-order valence-corrected chi connectivity index (χ0v) is 20.7. The predicted octanol–water partition coefficient (Wildman–Crippen LogP) is 4.67. The van der Waals surface area contributed by atoms with E-state index in [-0.39, 0.29) is 12.3 Å². The van der Waals surface area contributed by atoms with Crippen molar-refractivity contribution in [3.05, 3.63) is 66.4 Å². The van der Waals surface area contributed by atoms with Crippen molar-refractivity contribution in [1.82, 2.24) is 25.1 Å². The van der Waals surface area contributed by atoms with E-state index < -0.39 is 5.82 Å². The Morgan fingerprint density at radius 2 is 2.14 bits per heavy atom. The summed E-state index contributed by atoms with van der Waals surface area (Å²) in [4.78, 5) is 23.6. The molecular weight excluding hydrogens is 473 g/mol. The van der Waals surface area contributed by atoms with Gasteiger partial charge in [-0.2, -0.15) is 5.10 Å². The van der Waals surface area contributed by atoms with E-state index in [9.17, 15) is 9.18 Å². The van der Waals surface area contributed by atoms with E-state index in [1.807, 2.05) is 18.2 Å². The minimum absolute atomic E-state index is 0.0626. The molecule has 1 fully saturated rings. The summed E-state index contributed by atoms with van der Waals surface area (Å²) in [6, 6.07) is 13.9. The van der Waals surface area contributed by atoms with Gasteiger partial charge in [0.15, 0.2) is 5.82 Å². The van der Waals surface area contributed by atoms with Gasteiger partial charge in [0, 0.05) is 41.5 Å². The molecule has 0 saturated carbocycles. The van der Waals surface area contributed by atoms with Gasteiger partial charge >= 0.3 is 0 Å². The van der Waals surface area contributed by atoms with Gasteiger partial charge < -0.3 is 20.3 Å². The average molecular weight is 504 g/mol. The molecule has 0 bridgehead atoms. The smallest absolute Gasteiger partial charge is 0.230 e. The molecule has 0 aliphatic carbocycles. The van der Waals surface area contributed by atoms with Crippen molar-refractivity contribution in [2.45, 2.75) is 38.6 Å². The summed E-state index contributed by atoms with van der Waals surface area (Å²) in [5, 5.41) is 13.8. The first-order valence-corrected chi connectivity index (χ1v) is 12.5. The molecule has 2 aromatic carbocycles. The normalized spacial score (nSPS) is 15.7. The number of fused-ring (bicyclic) bond motifs is 1. The minimum Gasteiger partial charge on any atom is -0.493 e. The van der Waals surface area contributed by atoms with Crippen LogP contribution in [0.15, 0.2) is 54.9 Å². The summed E-state index contributed by atoms with van der Waals surface area (Å²) in [5.41, 5.74) is 1.77. The molecule has 1 saturated heterocycles. The standard InChI is InChI=1S/C27H30FN7O2/c1-18-5-3-10-35(18)11-4-12-37-22-8-9-23-24(16-22)29-17-30-27(23)32-25-14-21(33-34-25)15-26(36)31-20-7-2-6-19(28)13-20/h2,6-9,13-14,16-18H,3-5,10-12,15H2,1H3,(H,31,36)(H2,29,30,32,33,34)/t18-/m0/s1. The lowest BCUT2D eigenvalue weighted by molar-refractivity contribution is -0.115. The van der Waals surface area contributed by atoms with E-state index >= 15 is 0 Å². The Balaban J connectivity index is 1.17. The second kappa shape index (κ2) is 11.3. The lowest BCUT2D eigenvalue weighted by atomic mass is 10.2. The van der Waals surface area contributed by atoms with Gasteiger partial charge in [0.2, 0.25) is 5.91 Å². The summed E-state index contributed by atoms with van der Waals surface area (Å²) in [6.45, 7) is 5.19. The molecule has 5 rings (SSSR count). The molecule has 1 amide bonds. The number of nitrogens with one attached hydrogen (secondary N) is 3.